The van der Waals surface area contributed by atoms with E-state index in [-0.39, 0.29) is 0 Å². The number of nitrogens with one attached hydrogen (secondary N) is 1. The summed E-state index contributed by atoms with van der Waals surface area (Å²) < 4.78 is 6.67. The van der Waals surface area contributed by atoms with Crippen molar-refractivity contribution in [1.29, 1.82) is 0 Å². The first-order chi connectivity index (χ1) is 7.11. The highest BCUT2D eigenvalue weighted by Crippen LogP contribution is 2.28. The molecule has 1 aromatic carbocycles. The molecule has 1 N–H and O–H groups in total. The number of fused-ring (bicyclic) bond motifs is 1. The predicted molar refractivity (Wildman–Crippen MR) is 65.9 cm³/mol. The first kappa shape index (κ1) is 10.6. The van der Waals surface area contributed by atoms with Gasteiger partial charge in [0.2, 0.25) is 0 Å². The molecule has 3 nitrogen and oxygen atoms in total. The number of rotatable bonds is 1. The Morgan fingerprint density at radius 1 is 1.47 bits per heavy atom. The molecule has 0 bridgehead atoms. The Morgan fingerprint density at radius 2 is 2.20 bits per heavy atom. The van der Waals surface area contributed by atoms with Crippen LogP contribution >= 0.6 is 28.1 Å². The van der Waals surface area contributed by atoms with Crippen molar-refractivity contribution in [3.8, 4) is 5.75 Å². The lowest BCUT2D eigenvalue weighted by Crippen LogP contribution is -1.92. The van der Waals surface area contributed by atoms with Gasteiger partial charge in [0.05, 0.1) is 12.6 Å². The van der Waals surface area contributed by atoms with Crippen LogP contribution in [-0.2, 0) is 0 Å². The Kier molecular flexibility index (Phi) is 2.75. The summed E-state index contributed by atoms with van der Waals surface area (Å²) in [6.45, 7) is 1.88. The third-order valence-corrected chi connectivity index (χ3v) is 3.02. The van der Waals surface area contributed by atoms with Crippen molar-refractivity contribution in [1.82, 2.24) is 9.97 Å². The zero-order chi connectivity index (χ0) is 11.0. The van der Waals surface area contributed by atoms with E-state index in [1.807, 2.05) is 19.1 Å². The Labute approximate surface area is 101 Å². The fraction of sp³-hybridized carbons (Fsp3) is 0.200. The molecule has 0 amide bonds. The highest BCUT2D eigenvalue weighted by molar-refractivity contribution is 9.10. The maximum absolute atomic E-state index is 5.21. The fourth-order valence-electron chi connectivity index (χ4n) is 1.45. The third-order valence-electron chi connectivity index (χ3n) is 2.10. The molecule has 0 aliphatic rings. The molecular weight excluding hydrogens is 276 g/mol. The van der Waals surface area contributed by atoms with Crippen LogP contribution in [0.15, 0.2) is 16.6 Å². The predicted octanol–water partition coefficient (Wildman–Crippen LogP) is 3.37. The molecule has 0 radical (unpaired) electrons. The Balaban J connectivity index is 2.91. The van der Waals surface area contributed by atoms with Gasteiger partial charge in [0, 0.05) is 15.9 Å². The van der Waals surface area contributed by atoms with Gasteiger partial charge in [-0.1, -0.05) is 12.2 Å². The van der Waals surface area contributed by atoms with E-state index in [1.54, 1.807) is 7.11 Å². The number of ether oxygens (including phenoxy) is 1. The Bertz CT molecular complexity index is 579. The molecule has 5 heteroatoms. The van der Waals surface area contributed by atoms with Crippen molar-refractivity contribution < 1.29 is 4.74 Å². The number of nitrogens with zero attached hydrogens (tertiary/aromatic N) is 1. The average molecular weight is 285 g/mol. The molecule has 0 fully saturated rings. The molecule has 1 heterocycles. The van der Waals surface area contributed by atoms with Crippen LogP contribution in [-0.4, -0.2) is 17.1 Å². The number of benzene rings is 1. The summed E-state index contributed by atoms with van der Waals surface area (Å²) in [5, 5.41) is 0.913. The van der Waals surface area contributed by atoms with Crippen LogP contribution in [0.25, 0.3) is 10.9 Å². The molecule has 0 saturated heterocycles. The molecule has 0 aliphatic carbocycles. The van der Waals surface area contributed by atoms with Crippen molar-refractivity contribution in [2.75, 3.05) is 7.11 Å². The maximum Gasteiger partial charge on any atom is 0.138 e. The quantitative estimate of drug-likeness (QED) is 0.816. The van der Waals surface area contributed by atoms with Crippen LogP contribution in [0.2, 0.25) is 0 Å². The molecule has 15 heavy (non-hydrogen) atoms. The minimum Gasteiger partial charge on any atom is -0.497 e. The van der Waals surface area contributed by atoms with Crippen LogP contribution in [0.5, 0.6) is 5.75 Å². The van der Waals surface area contributed by atoms with Gasteiger partial charge in [-0.15, -0.1) is 0 Å². The second-order valence-electron chi connectivity index (χ2n) is 3.16. The minimum atomic E-state index is 0.593. The van der Waals surface area contributed by atoms with Crippen molar-refractivity contribution in [3.05, 3.63) is 27.1 Å². The van der Waals surface area contributed by atoms with Crippen LogP contribution in [0.1, 0.15) is 5.82 Å². The summed E-state index contributed by atoms with van der Waals surface area (Å²) in [6, 6.07) is 3.79. The number of aromatic nitrogens is 2. The van der Waals surface area contributed by atoms with E-state index >= 15 is 0 Å². The van der Waals surface area contributed by atoms with Gasteiger partial charge in [-0.2, -0.15) is 0 Å². The highest BCUT2D eigenvalue weighted by atomic mass is 79.9. The van der Waals surface area contributed by atoms with Crippen LogP contribution in [0, 0.1) is 11.6 Å². The van der Waals surface area contributed by atoms with E-state index in [0.717, 1.165) is 26.9 Å². The van der Waals surface area contributed by atoms with Gasteiger partial charge in [-0.3, -0.25) is 0 Å². The number of aryl methyl sites for hydroxylation is 1. The molecular formula is C10H9BrN2OS. The highest BCUT2D eigenvalue weighted by Gasteiger charge is 2.05. The van der Waals surface area contributed by atoms with Crippen LogP contribution in [0.3, 0.4) is 0 Å². The molecule has 2 aromatic rings. The molecule has 0 aliphatic heterocycles. The zero-order valence-corrected chi connectivity index (χ0v) is 10.7. The topological polar surface area (TPSA) is 37.9 Å². The number of H-pyrrole nitrogens is 1. The van der Waals surface area contributed by atoms with Gasteiger partial charge in [0.25, 0.3) is 0 Å². The lowest BCUT2D eigenvalue weighted by Gasteiger charge is -2.06. The Morgan fingerprint density at radius 3 is 2.87 bits per heavy atom. The van der Waals surface area contributed by atoms with E-state index in [9.17, 15) is 0 Å². The van der Waals surface area contributed by atoms with Crippen molar-refractivity contribution in [2.24, 2.45) is 0 Å². The molecule has 1 aromatic heterocycles. The summed E-state index contributed by atoms with van der Waals surface area (Å²) >= 11 is 8.66. The number of hydrogen-bond donors (Lipinski definition) is 1. The van der Waals surface area contributed by atoms with Crippen LogP contribution in [0.4, 0.5) is 0 Å². The molecule has 0 spiro atoms. The normalized spacial score (nSPS) is 10.6. The number of aromatic amines is 1. The second-order valence-corrected chi connectivity index (χ2v) is 4.40. The van der Waals surface area contributed by atoms with Gasteiger partial charge < -0.3 is 9.72 Å². The van der Waals surface area contributed by atoms with E-state index in [0.29, 0.717) is 4.64 Å². The second kappa shape index (κ2) is 3.90. The molecule has 0 unspecified atom stereocenters. The summed E-state index contributed by atoms with van der Waals surface area (Å²) in [6.07, 6.45) is 0. The minimum absolute atomic E-state index is 0.593. The van der Waals surface area contributed by atoms with E-state index in [4.69, 9.17) is 17.0 Å². The van der Waals surface area contributed by atoms with Gasteiger partial charge in [0.1, 0.15) is 16.2 Å². The van der Waals surface area contributed by atoms with Gasteiger partial charge in [0.15, 0.2) is 0 Å². The van der Waals surface area contributed by atoms with Crippen molar-refractivity contribution in [2.45, 2.75) is 6.92 Å². The van der Waals surface area contributed by atoms with Crippen LogP contribution < -0.4 is 4.74 Å². The first-order valence-electron chi connectivity index (χ1n) is 4.36. The molecule has 78 valence electrons. The Hall–Kier alpha value is -0.940. The smallest absolute Gasteiger partial charge is 0.138 e. The summed E-state index contributed by atoms with van der Waals surface area (Å²) in [7, 11) is 1.64. The van der Waals surface area contributed by atoms with E-state index in [2.05, 4.69) is 25.9 Å². The zero-order valence-electron chi connectivity index (χ0n) is 8.30. The SMILES string of the molecule is COc1cc(Br)c2c(=S)nc(C)[nH]c2c1. The summed E-state index contributed by atoms with van der Waals surface area (Å²) in [5.74, 6) is 1.58. The van der Waals surface area contributed by atoms with Gasteiger partial charge in [-0.25, -0.2) is 4.98 Å². The largest absolute Gasteiger partial charge is 0.497 e. The lowest BCUT2D eigenvalue weighted by molar-refractivity contribution is 0.415. The number of hydrogen-bond acceptors (Lipinski definition) is 3. The van der Waals surface area contributed by atoms with Gasteiger partial charge in [-0.05, 0) is 28.9 Å². The number of methoxy groups -OCH3 is 1. The molecule has 0 atom stereocenters. The lowest BCUT2D eigenvalue weighted by atomic mass is 10.2. The van der Waals surface area contributed by atoms with Crippen molar-refractivity contribution >= 4 is 39.1 Å². The number of halogens is 1. The maximum atomic E-state index is 5.21. The standard InChI is InChI=1S/C10H9BrN2OS/c1-5-12-8-4-6(14-2)3-7(11)9(8)10(15)13-5/h3-4H,1-2H3,(H,12,13,15). The van der Waals surface area contributed by atoms with Crippen molar-refractivity contribution in [3.63, 3.8) is 0 Å². The first-order valence-corrected chi connectivity index (χ1v) is 5.56. The molecule has 0 saturated carbocycles. The van der Waals surface area contributed by atoms with E-state index < -0.39 is 0 Å². The average Bonchev–Trinajstić information content (AvgIpc) is 2.15. The fourth-order valence-corrected chi connectivity index (χ4v) is 2.56. The summed E-state index contributed by atoms with van der Waals surface area (Å²) in [4.78, 5) is 7.36. The van der Waals surface area contributed by atoms with Gasteiger partial charge >= 0.3 is 0 Å². The molecule has 2 rings (SSSR count). The summed E-state index contributed by atoms with van der Waals surface area (Å²) in [5.41, 5.74) is 0.929. The van der Waals surface area contributed by atoms with E-state index in [1.165, 1.54) is 0 Å². The third kappa shape index (κ3) is 1.89. The monoisotopic (exact) mass is 284 g/mol.